The summed E-state index contributed by atoms with van der Waals surface area (Å²) in [6.07, 6.45) is 0. The highest BCUT2D eigenvalue weighted by molar-refractivity contribution is 7.87. The Hall–Kier alpha value is -4.35. The molecule has 0 saturated carbocycles. The lowest BCUT2D eigenvalue weighted by molar-refractivity contribution is 0.397. The van der Waals surface area contributed by atoms with Crippen LogP contribution < -0.4 is 11.5 Å². The van der Waals surface area contributed by atoms with Gasteiger partial charge in [0.2, 0.25) is 0 Å². The van der Waals surface area contributed by atoms with Gasteiger partial charge in [0.05, 0.1) is 29.6 Å². The van der Waals surface area contributed by atoms with Crippen LogP contribution in [0.1, 0.15) is 5.56 Å². The van der Waals surface area contributed by atoms with Crippen LogP contribution in [0.3, 0.4) is 0 Å². The average Bonchev–Trinajstić information content (AvgIpc) is 2.84. The molecule has 178 valence electrons. The molecule has 0 aliphatic carbocycles. The molecule has 0 amide bonds. The molecule has 0 aromatic heterocycles. The molecule has 0 radical (unpaired) electrons. The van der Waals surface area contributed by atoms with Crippen molar-refractivity contribution >= 4 is 55.0 Å². The summed E-state index contributed by atoms with van der Waals surface area (Å²) in [4.78, 5) is -0.393. The molecule has 0 fully saturated rings. The number of aryl methyl sites for hydroxylation is 1. The zero-order valence-corrected chi connectivity index (χ0v) is 19.7. The Kier molecular flexibility index (Phi) is 6.45. The topological polar surface area (TPSA) is 165 Å². The van der Waals surface area contributed by atoms with E-state index in [0.717, 1.165) is 12.7 Å². The molecule has 0 aliphatic heterocycles. The second kappa shape index (κ2) is 9.49. The first-order valence-corrected chi connectivity index (χ1v) is 11.7. The number of nitrogens with zero attached hydrogens (tertiary/aromatic N) is 4. The van der Waals surface area contributed by atoms with Crippen LogP contribution in [0.25, 0.3) is 10.8 Å². The van der Waals surface area contributed by atoms with Crippen molar-refractivity contribution in [2.75, 3.05) is 18.6 Å². The highest BCUT2D eigenvalue weighted by atomic mass is 32.2. The van der Waals surface area contributed by atoms with Crippen LogP contribution >= 0.6 is 0 Å². The lowest BCUT2D eigenvalue weighted by Crippen LogP contribution is -2.04. The van der Waals surface area contributed by atoms with E-state index < -0.39 is 20.8 Å². The third kappa shape index (κ3) is 4.95. The molecular weight excluding hydrogens is 468 g/mol. The van der Waals surface area contributed by atoms with Crippen LogP contribution in [0.5, 0.6) is 5.75 Å². The second-order valence-electron chi connectivity index (χ2n) is 7.62. The summed E-state index contributed by atoms with van der Waals surface area (Å²) in [6, 6.07) is 18.2. The van der Waals surface area contributed by atoms with Crippen LogP contribution in [0, 0.1) is 6.92 Å². The van der Waals surface area contributed by atoms with Gasteiger partial charge in [0, 0.05) is 16.8 Å². The van der Waals surface area contributed by atoms with Crippen molar-refractivity contribution in [1.29, 1.82) is 0 Å². The van der Waals surface area contributed by atoms with Crippen molar-refractivity contribution in [3.8, 4) is 5.75 Å². The molecule has 0 bridgehead atoms. The van der Waals surface area contributed by atoms with Crippen LogP contribution in [-0.4, -0.2) is 20.6 Å². The van der Waals surface area contributed by atoms with E-state index >= 15 is 0 Å². The SMILES string of the molecule is COS(=O)(=O)c1cc2c(N=Nc3ccc(N)cc3)ccc(N)c2c(O)c1N=Nc1ccc(C)cc1. The van der Waals surface area contributed by atoms with Gasteiger partial charge < -0.3 is 16.6 Å². The normalized spacial score (nSPS) is 12.2. The molecular formula is C24H22N6O4S. The summed E-state index contributed by atoms with van der Waals surface area (Å²) in [5, 5.41) is 28.0. The zero-order chi connectivity index (χ0) is 25.2. The standard InChI is InChI=1S/C24H22N6O4S/c1-14-3-7-16(8-4-14)28-30-23-21(35(32,33)34-2)13-18-20(12-11-19(26)22(18)24(23)31)29-27-17-9-5-15(25)6-10-17/h3-13,31H,25-26H2,1-2H3. The Balaban J connectivity index is 1.92. The molecule has 0 spiro atoms. The van der Waals surface area contributed by atoms with E-state index in [9.17, 15) is 13.5 Å². The molecule has 4 rings (SSSR count). The number of hydrogen-bond donors (Lipinski definition) is 3. The molecule has 0 atom stereocenters. The number of hydrogen-bond acceptors (Lipinski definition) is 10. The molecule has 0 heterocycles. The number of benzene rings is 4. The highest BCUT2D eigenvalue weighted by Gasteiger charge is 2.26. The maximum atomic E-state index is 12.7. The number of fused-ring (bicyclic) bond motifs is 1. The number of phenolic OH excluding ortho intramolecular Hbond substituents is 1. The third-order valence-electron chi connectivity index (χ3n) is 5.18. The average molecular weight is 491 g/mol. The first kappa shape index (κ1) is 23.8. The van der Waals surface area contributed by atoms with Gasteiger partial charge in [0.15, 0.2) is 5.75 Å². The Labute approximate surface area is 201 Å². The van der Waals surface area contributed by atoms with E-state index in [2.05, 4.69) is 20.5 Å². The quantitative estimate of drug-likeness (QED) is 0.166. The lowest BCUT2D eigenvalue weighted by Gasteiger charge is -2.13. The fourth-order valence-corrected chi connectivity index (χ4v) is 4.12. The molecule has 4 aromatic rings. The van der Waals surface area contributed by atoms with Gasteiger partial charge in [-0.2, -0.15) is 18.6 Å². The molecule has 0 aliphatic rings. The third-order valence-corrected chi connectivity index (χ3v) is 6.47. The predicted octanol–water partition coefficient (Wildman–Crippen LogP) is 6.18. The molecule has 10 nitrogen and oxygen atoms in total. The number of anilines is 2. The van der Waals surface area contributed by atoms with Crippen molar-refractivity contribution in [1.82, 2.24) is 0 Å². The van der Waals surface area contributed by atoms with E-state index in [-0.39, 0.29) is 27.8 Å². The predicted molar refractivity (Wildman–Crippen MR) is 135 cm³/mol. The van der Waals surface area contributed by atoms with E-state index in [1.54, 1.807) is 42.5 Å². The molecule has 4 aromatic carbocycles. The summed E-state index contributed by atoms with van der Waals surface area (Å²) < 4.78 is 30.2. The van der Waals surface area contributed by atoms with E-state index in [1.165, 1.54) is 12.1 Å². The summed E-state index contributed by atoms with van der Waals surface area (Å²) in [5.41, 5.74) is 14.6. The molecule has 0 saturated heterocycles. The van der Waals surface area contributed by atoms with Crippen molar-refractivity contribution in [2.45, 2.75) is 11.8 Å². The molecule has 5 N–H and O–H groups in total. The van der Waals surface area contributed by atoms with Gasteiger partial charge in [-0.3, -0.25) is 4.18 Å². The van der Waals surface area contributed by atoms with Crippen molar-refractivity contribution in [3.05, 3.63) is 72.3 Å². The monoisotopic (exact) mass is 490 g/mol. The first-order valence-electron chi connectivity index (χ1n) is 10.3. The summed E-state index contributed by atoms with van der Waals surface area (Å²) in [6.45, 7) is 1.92. The molecule has 11 heteroatoms. The largest absolute Gasteiger partial charge is 0.505 e. The summed E-state index contributed by atoms with van der Waals surface area (Å²) in [5.74, 6) is -0.476. The minimum Gasteiger partial charge on any atom is -0.505 e. The van der Waals surface area contributed by atoms with Gasteiger partial charge in [0.25, 0.3) is 10.1 Å². The maximum absolute atomic E-state index is 12.7. The number of phenols is 1. The fraction of sp³-hybridized carbons (Fsp3) is 0.0833. The van der Waals surface area contributed by atoms with Gasteiger partial charge >= 0.3 is 0 Å². The van der Waals surface area contributed by atoms with Gasteiger partial charge in [-0.15, -0.1) is 10.2 Å². The second-order valence-corrected chi connectivity index (χ2v) is 9.30. The Morgan fingerprint density at radius 2 is 1.43 bits per heavy atom. The smallest absolute Gasteiger partial charge is 0.299 e. The number of nitrogen functional groups attached to an aromatic ring is 2. The lowest BCUT2D eigenvalue weighted by atomic mass is 10.0. The Morgan fingerprint density at radius 1 is 0.829 bits per heavy atom. The van der Waals surface area contributed by atoms with E-state index in [1.807, 2.05) is 19.1 Å². The van der Waals surface area contributed by atoms with Crippen LogP contribution in [0.4, 0.5) is 34.1 Å². The van der Waals surface area contributed by atoms with Crippen LogP contribution in [-0.2, 0) is 14.3 Å². The van der Waals surface area contributed by atoms with Gasteiger partial charge in [-0.1, -0.05) is 17.7 Å². The fourth-order valence-electron chi connectivity index (χ4n) is 3.31. The number of aromatic hydroxyl groups is 1. The maximum Gasteiger partial charge on any atom is 0.299 e. The molecule has 35 heavy (non-hydrogen) atoms. The Bertz CT molecular complexity index is 1570. The van der Waals surface area contributed by atoms with Gasteiger partial charge in [-0.25, -0.2) is 0 Å². The van der Waals surface area contributed by atoms with E-state index in [4.69, 9.17) is 15.7 Å². The van der Waals surface area contributed by atoms with Crippen LogP contribution in [0.15, 0.2) is 92.1 Å². The minimum atomic E-state index is -4.30. The number of nitrogens with two attached hydrogens (primary N) is 2. The van der Waals surface area contributed by atoms with E-state index in [0.29, 0.717) is 17.1 Å². The number of rotatable bonds is 6. The van der Waals surface area contributed by atoms with Crippen molar-refractivity contribution in [3.63, 3.8) is 0 Å². The van der Waals surface area contributed by atoms with Gasteiger partial charge in [0.1, 0.15) is 10.6 Å². The van der Waals surface area contributed by atoms with Crippen LogP contribution in [0.2, 0.25) is 0 Å². The highest BCUT2D eigenvalue weighted by Crippen LogP contribution is 2.46. The van der Waals surface area contributed by atoms with Gasteiger partial charge in [-0.05, 0) is 61.5 Å². The zero-order valence-electron chi connectivity index (χ0n) is 18.9. The minimum absolute atomic E-state index is 0.159. The Morgan fingerprint density at radius 3 is 2.06 bits per heavy atom. The van der Waals surface area contributed by atoms with Crippen molar-refractivity contribution < 1.29 is 17.7 Å². The molecule has 0 unspecified atom stereocenters. The van der Waals surface area contributed by atoms with Crippen molar-refractivity contribution in [2.24, 2.45) is 20.5 Å². The summed E-state index contributed by atoms with van der Waals surface area (Å²) >= 11 is 0. The first-order chi connectivity index (χ1) is 16.7. The number of azo groups is 2. The summed E-state index contributed by atoms with van der Waals surface area (Å²) in [7, 11) is -3.28.